The predicted molar refractivity (Wildman–Crippen MR) is 135 cm³/mol. The monoisotopic (exact) mass is 517 g/mol. The van der Waals surface area contributed by atoms with Gasteiger partial charge in [-0.05, 0) is 74.4 Å². The average Bonchev–Trinajstić information content (AvgIpc) is 3.61. The molecule has 3 N–H and O–H groups in total. The molecule has 0 unspecified atom stereocenters. The van der Waals surface area contributed by atoms with Gasteiger partial charge in [-0.3, -0.25) is 14.3 Å². The van der Waals surface area contributed by atoms with Crippen LogP contribution in [0.4, 0.5) is 0 Å². The van der Waals surface area contributed by atoms with E-state index < -0.39 is 33.6 Å². The van der Waals surface area contributed by atoms with E-state index in [9.17, 15) is 18.0 Å². The van der Waals surface area contributed by atoms with Gasteiger partial charge >= 0.3 is 0 Å². The molecular weight excluding hydrogens is 490 g/mol. The van der Waals surface area contributed by atoms with Crippen molar-refractivity contribution in [2.45, 2.75) is 44.8 Å². The summed E-state index contributed by atoms with van der Waals surface area (Å²) in [5, 5.41) is 3.66. The van der Waals surface area contributed by atoms with Gasteiger partial charge in [0.15, 0.2) is 0 Å². The van der Waals surface area contributed by atoms with Crippen molar-refractivity contribution in [3.63, 3.8) is 0 Å². The minimum atomic E-state index is -3.65. The SMILES string of the molecule is Cc1cc(OCCCc2c(C(=O)NCC(=O)NS(=O)(=O)C3CC3)[nH]c3ccccc23)cc(C)c1Cl. The Kier molecular flexibility index (Phi) is 7.37. The van der Waals surface area contributed by atoms with Crippen molar-refractivity contribution in [3.05, 3.63) is 63.8 Å². The number of aromatic nitrogens is 1. The number of halogens is 1. The lowest BCUT2D eigenvalue weighted by Crippen LogP contribution is -2.41. The number of aromatic amines is 1. The molecule has 4 rings (SSSR count). The highest BCUT2D eigenvalue weighted by atomic mass is 35.5. The molecule has 2 aromatic carbocycles. The largest absolute Gasteiger partial charge is 0.494 e. The summed E-state index contributed by atoms with van der Waals surface area (Å²) in [6.07, 6.45) is 2.33. The summed E-state index contributed by atoms with van der Waals surface area (Å²) in [6.45, 7) is 3.88. The Bertz CT molecular complexity index is 1360. The van der Waals surface area contributed by atoms with E-state index in [0.29, 0.717) is 38.0 Å². The van der Waals surface area contributed by atoms with Crippen molar-refractivity contribution < 1.29 is 22.7 Å². The van der Waals surface area contributed by atoms with Crippen LogP contribution < -0.4 is 14.8 Å². The molecule has 1 fully saturated rings. The first-order valence-corrected chi connectivity index (χ1v) is 13.4. The molecule has 0 saturated heterocycles. The minimum absolute atomic E-state index is 0.349. The molecule has 1 aliphatic carbocycles. The summed E-state index contributed by atoms with van der Waals surface area (Å²) >= 11 is 6.22. The standard InChI is InChI=1S/C25H28ClN3O5S/c1-15-12-17(13-16(2)23(15)26)34-11-5-7-20-19-6-3-4-8-21(19)28-24(20)25(31)27-14-22(30)29-35(32,33)18-9-10-18/h3-4,6,8,12-13,18,28H,5,7,9-11,14H2,1-2H3,(H,27,31)(H,29,30). The number of ether oxygens (including phenoxy) is 1. The first-order valence-electron chi connectivity index (χ1n) is 11.5. The van der Waals surface area contributed by atoms with E-state index >= 15 is 0 Å². The van der Waals surface area contributed by atoms with E-state index in [1.165, 1.54) is 0 Å². The van der Waals surface area contributed by atoms with Crippen molar-refractivity contribution >= 4 is 44.3 Å². The predicted octanol–water partition coefficient (Wildman–Crippen LogP) is 3.79. The lowest BCUT2D eigenvalue weighted by atomic mass is 10.1. The fourth-order valence-corrected chi connectivity index (χ4v) is 5.41. The van der Waals surface area contributed by atoms with Crippen molar-refractivity contribution in [1.29, 1.82) is 0 Å². The number of carbonyl (C=O) groups is 2. The van der Waals surface area contributed by atoms with Gasteiger partial charge in [0, 0.05) is 15.9 Å². The van der Waals surface area contributed by atoms with Gasteiger partial charge < -0.3 is 15.0 Å². The molecular formula is C25H28ClN3O5S. The summed E-state index contributed by atoms with van der Waals surface area (Å²) in [5.74, 6) is -0.488. The van der Waals surface area contributed by atoms with Gasteiger partial charge in [-0.15, -0.1) is 0 Å². The van der Waals surface area contributed by atoms with E-state index in [4.69, 9.17) is 16.3 Å². The molecule has 3 aromatic rings. The Morgan fingerprint density at radius 3 is 2.51 bits per heavy atom. The molecule has 1 heterocycles. The third-order valence-corrected chi connectivity index (χ3v) is 8.38. The number of benzene rings is 2. The minimum Gasteiger partial charge on any atom is -0.494 e. The molecule has 0 spiro atoms. The van der Waals surface area contributed by atoms with Crippen molar-refractivity contribution in [3.8, 4) is 5.75 Å². The lowest BCUT2D eigenvalue weighted by Gasteiger charge is -2.11. The molecule has 35 heavy (non-hydrogen) atoms. The van der Waals surface area contributed by atoms with Gasteiger partial charge in [0.2, 0.25) is 10.0 Å². The maximum atomic E-state index is 12.9. The van der Waals surface area contributed by atoms with E-state index in [1.54, 1.807) is 0 Å². The molecule has 1 aliphatic rings. The lowest BCUT2D eigenvalue weighted by molar-refractivity contribution is -0.118. The number of hydrogen-bond donors (Lipinski definition) is 3. The highest BCUT2D eigenvalue weighted by molar-refractivity contribution is 7.90. The zero-order valence-electron chi connectivity index (χ0n) is 19.6. The fourth-order valence-electron chi connectivity index (χ4n) is 3.99. The van der Waals surface area contributed by atoms with Crippen molar-refractivity contribution in [2.75, 3.05) is 13.2 Å². The van der Waals surface area contributed by atoms with Crippen LogP contribution in [0.15, 0.2) is 36.4 Å². The fraction of sp³-hybridized carbons (Fsp3) is 0.360. The molecule has 0 radical (unpaired) electrons. The molecule has 186 valence electrons. The molecule has 0 bridgehead atoms. The van der Waals surface area contributed by atoms with Crippen LogP contribution in [0.5, 0.6) is 5.75 Å². The van der Waals surface area contributed by atoms with E-state index in [2.05, 4.69) is 10.3 Å². The summed E-state index contributed by atoms with van der Waals surface area (Å²) in [4.78, 5) is 28.1. The zero-order chi connectivity index (χ0) is 25.2. The van der Waals surface area contributed by atoms with Gasteiger partial charge in [-0.1, -0.05) is 29.8 Å². The van der Waals surface area contributed by atoms with Crippen molar-refractivity contribution in [1.82, 2.24) is 15.0 Å². The molecule has 1 saturated carbocycles. The summed E-state index contributed by atoms with van der Waals surface area (Å²) in [7, 11) is -3.65. The average molecular weight is 518 g/mol. The highest BCUT2D eigenvalue weighted by Gasteiger charge is 2.36. The Morgan fingerprint density at radius 2 is 1.83 bits per heavy atom. The Labute approximate surface area is 209 Å². The van der Waals surface area contributed by atoms with Gasteiger partial charge in [-0.2, -0.15) is 0 Å². The number of carbonyl (C=O) groups excluding carboxylic acids is 2. The van der Waals surface area contributed by atoms with Crippen LogP contribution >= 0.6 is 11.6 Å². The summed E-state index contributed by atoms with van der Waals surface area (Å²) in [6, 6.07) is 11.4. The number of H-pyrrole nitrogens is 1. The van der Waals surface area contributed by atoms with E-state index in [1.807, 2.05) is 55.0 Å². The number of sulfonamides is 1. The van der Waals surface area contributed by atoms with Gasteiger partial charge in [0.05, 0.1) is 18.4 Å². The number of aryl methyl sites for hydroxylation is 3. The first kappa shape index (κ1) is 25.1. The van der Waals surface area contributed by atoms with Gasteiger partial charge in [0.1, 0.15) is 11.4 Å². The normalized spacial score (nSPS) is 13.6. The van der Waals surface area contributed by atoms with E-state index in [-0.39, 0.29) is 0 Å². The molecule has 1 aromatic heterocycles. The Hall–Kier alpha value is -3.04. The molecule has 10 heteroatoms. The van der Waals surface area contributed by atoms with Crippen LogP contribution in [0.25, 0.3) is 10.9 Å². The maximum Gasteiger partial charge on any atom is 0.268 e. The topological polar surface area (TPSA) is 117 Å². The zero-order valence-corrected chi connectivity index (χ0v) is 21.2. The molecule has 8 nitrogen and oxygen atoms in total. The quantitative estimate of drug-likeness (QED) is 0.354. The number of para-hydroxylation sites is 1. The number of rotatable bonds is 10. The second kappa shape index (κ2) is 10.3. The smallest absolute Gasteiger partial charge is 0.268 e. The summed E-state index contributed by atoms with van der Waals surface area (Å²) < 4.78 is 31.8. The van der Waals surface area contributed by atoms with E-state index in [0.717, 1.165) is 38.4 Å². The number of nitrogens with one attached hydrogen (secondary N) is 3. The summed E-state index contributed by atoms with van der Waals surface area (Å²) in [5.41, 5.74) is 3.87. The molecule has 2 amide bonds. The number of fused-ring (bicyclic) bond motifs is 1. The van der Waals surface area contributed by atoms with Crippen LogP contribution in [0, 0.1) is 13.8 Å². The Morgan fingerprint density at radius 1 is 1.14 bits per heavy atom. The first-order chi connectivity index (χ1) is 16.7. The number of hydrogen-bond acceptors (Lipinski definition) is 5. The van der Waals surface area contributed by atoms with Crippen LogP contribution in [0.2, 0.25) is 5.02 Å². The maximum absolute atomic E-state index is 12.9. The van der Waals surface area contributed by atoms with Crippen LogP contribution in [0.3, 0.4) is 0 Å². The van der Waals surface area contributed by atoms with Crippen LogP contribution in [-0.2, 0) is 21.2 Å². The Balaban J connectivity index is 1.40. The van der Waals surface area contributed by atoms with Gasteiger partial charge in [0.25, 0.3) is 11.8 Å². The third kappa shape index (κ3) is 5.97. The molecule has 0 atom stereocenters. The van der Waals surface area contributed by atoms with Gasteiger partial charge in [-0.25, -0.2) is 8.42 Å². The van der Waals surface area contributed by atoms with Crippen LogP contribution in [0.1, 0.15) is 46.4 Å². The van der Waals surface area contributed by atoms with Crippen LogP contribution in [-0.4, -0.2) is 43.6 Å². The second-order valence-corrected chi connectivity index (χ2v) is 11.1. The third-order valence-electron chi connectivity index (χ3n) is 5.92. The molecule has 0 aliphatic heterocycles. The highest BCUT2D eigenvalue weighted by Crippen LogP contribution is 2.28. The second-order valence-electron chi connectivity index (χ2n) is 8.80. The number of amides is 2. The van der Waals surface area contributed by atoms with Crippen molar-refractivity contribution in [2.24, 2.45) is 0 Å².